The van der Waals surface area contributed by atoms with Crippen LogP contribution in [0.25, 0.3) is 0 Å². The summed E-state index contributed by atoms with van der Waals surface area (Å²) in [5, 5.41) is 14.5. The van der Waals surface area contributed by atoms with Crippen molar-refractivity contribution in [1.82, 2.24) is 10.6 Å². The smallest absolute Gasteiger partial charge is 0.335 e. The summed E-state index contributed by atoms with van der Waals surface area (Å²) in [7, 11) is 0. The molecule has 0 aliphatic heterocycles. The first-order valence-corrected chi connectivity index (χ1v) is 6.99. The van der Waals surface area contributed by atoms with E-state index in [4.69, 9.17) is 5.11 Å². The van der Waals surface area contributed by atoms with Gasteiger partial charge in [-0.3, -0.25) is 0 Å². The predicted octanol–water partition coefficient (Wildman–Crippen LogP) is 2.03. The van der Waals surface area contributed by atoms with Crippen LogP contribution in [-0.4, -0.2) is 30.2 Å². The fraction of sp³-hybridized carbons (Fsp3) is 0.467. The van der Waals surface area contributed by atoms with Gasteiger partial charge in [-0.25, -0.2) is 9.59 Å². The highest BCUT2D eigenvalue weighted by molar-refractivity contribution is 5.87. The standard InChI is InChI=1S/C15H20N2O3/c18-14(19)13-6-2-3-11(9-13)7-8-16-15(20)17-10-12-4-1-5-12/h2-3,6,9,12H,1,4-5,7-8,10H2,(H,18,19)(H2,16,17,20). The number of benzene rings is 1. The Labute approximate surface area is 118 Å². The molecule has 1 aliphatic carbocycles. The van der Waals surface area contributed by atoms with E-state index in [0.717, 1.165) is 12.1 Å². The van der Waals surface area contributed by atoms with Crippen molar-refractivity contribution in [2.75, 3.05) is 13.1 Å². The molecule has 1 fully saturated rings. The number of hydrogen-bond donors (Lipinski definition) is 3. The first-order valence-electron chi connectivity index (χ1n) is 6.99. The topological polar surface area (TPSA) is 78.4 Å². The first kappa shape index (κ1) is 14.4. The van der Waals surface area contributed by atoms with Crippen molar-refractivity contribution in [3.05, 3.63) is 35.4 Å². The first-order chi connectivity index (χ1) is 9.65. The van der Waals surface area contributed by atoms with Crippen molar-refractivity contribution in [3.8, 4) is 0 Å². The van der Waals surface area contributed by atoms with E-state index >= 15 is 0 Å². The third kappa shape index (κ3) is 4.26. The lowest BCUT2D eigenvalue weighted by Gasteiger charge is -2.25. The molecule has 0 aromatic heterocycles. The highest BCUT2D eigenvalue weighted by Gasteiger charge is 2.17. The molecule has 0 atom stereocenters. The molecule has 0 radical (unpaired) electrons. The van der Waals surface area contributed by atoms with Crippen LogP contribution in [0, 0.1) is 5.92 Å². The van der Waals surface area contributed by atoms with E-state index in [1.807, 2.05) is 6.07 Å². The number of carboxylic acids is 1. The lowest BCUT2D eigenvalue weighted by molar-refractivity contribution is 0.0696. The summed E-state index contributed by atoms with van der Waals surface area (Å²) in [5.74, 6) is -0.286. The van der Waals surface area contributed by atoms with E-state index in [1.54, 1.807) is 18.2 Å². The van der Waals surface area contributed by atoms with Crippen molar-refractivity contribution in [3.63, 3.8) is 0 Å². The van der Waals surface area contributed by atoms with Crippen molar-refractivity contribution in [2.45, 2.75) is 25.7 Å². The average Bonchev–Trinajstić information content (AvgIpc) is 2.37. The van der Waals surface area contributed by atoms with Crippen LogP contribution in [0.1, 0.15) is 35.2 Å². The number of urea groups is 1. The van der Waals surface area contributed by atoms with Gasteiger partial charge in [0.05, 0.1) is 5.56 Å². The van der Waals surface area contributed by atoms with Gasteiger partial charge >= 0.3 is 12.0 Å². The number of carbonyl (C=O) groups excluding carboxylic acids is 1. The summed E-state index contributed by atoms with van der Waals surface area (Å²) in [5.41, 5.74) is 1.18. The largest absolute Gasteiger partial charge is 0.478 e. The molecule has 1 saturated carbocycles. The molecule has 0 unspecified atom stereocenters. The van der Waals surface area contributed by atoms with Gasteiger partial charge < -0.3 is 15.7 Å². The number of hydrogen-bond acceptors (Lipinski definition) is 2. The zero-order chi connectivity index (χ0) is 14.4. The number of rotatable bonds is 6. The summed E-state index contributed by atoms with van der Waals surface area (Å²) >= 11 is 0. The number of carboxylic acid groups (broad SMARTS) is 1. The van der Waals surface area contributed by atoms with Gasteiger partial charge in [0.1, 0.15) is 0 Å². The number of amides is 2. The van der Waals surface area contributed by atoms with Gasteiger partial charge in [-0.1, -0.05) is 18.6 Å². The monoisotopic (exact) mass is 276 g/mol. The number of carbonyl (C=O) groups is 2. The normalized spacial score (nSPS) is 14.4. The quantitative estimate of drug-likeness (QED) is 0.744. The highest BCUT2D eigenvalue weighted by atomic mass is 16.4. The minimum absolute atomic E-state index is 0.147. The van der Waals surface area contributed by atoms with E-state index in [-0.39, 0.29) is 11.6 Å². The Morgan fingerprint density at radius 1 is 1.25 bits per heavy atom. The third-order valence-corrected chi connectivity index (χ3v) is 3.65. The van der Waals surface area contributed by atoms with E-state index in [9.17, 15) is 9.59 Å². The number of aromatic carboxylic acids is 1. The molecule has 1 aromatic rings. The molecule has 5 heteroatoms. The molecule has 0 bridgehead atoms. The van der Waals surface area contributed by atoms with Crippen LogP contribution in [0.3, 0.4) is 0 Å². The summed E-state index contributed by atoms with van der Waals surface area (Å²) in [6.45, 7) is 1.25. The SMILES string of the molecule is O=C(NCCc1cccc(C(=O)O)c1)NCC1CCC1. The van der Waals surface area contributed by atoms with Crippen LogP contribution in [0.5, 0.6) is 0 Å². The van der Waals surface area contributed by atoms with Crippen LogP contribution >= 0.6 is 0 Å². The fourth-order valence-electron chi connectivity index (χ4n) is 2.18. The highest BCUT2D eigenvalue weighted by Crippen LogP contribution is 2.24. The second-order valence-corrected chi connectivity index (χ2v) is 5.19. The van der Waals surface area contributed by atoms with Gasteiger partial charge in [-0.2, -0.15) is 0 Å². The predicted molar refractivity (Wildman–Crippen MR) is 75.8 cm³/mol. The maximum Gasteiger partial charge on any atom is 0.335 e. The second-order valence-electron chi connectivity index (χ2n) is 5.19. The molecule has 0 saturated heterocycles. The van der Waals surface area contributed by atoms with Crippen LogP contribution < -0.4 is 10.6 Å². The Morgan fingerprint density at radius 3 is 2.70 bits per heavy atom. The zero-order valence-corrected chi connectivity index (χ0v) is 11.4. The average molecular weight is 276 g/mol. The number of nitrogens with one attached hydrogen (secondary N) is 2. The van der Waals surface area contributed by atoms with Gasteiger partial charge in [-0.15, -0.1) is 0 Å². The van der Waals surface area contributed by atoms with Crippen molar-refractivity contribution in [1.29, 1.82) is 0 Å². The molecule has 108 valence electrons. The van der Waals surface area contributed by atoms with Crippen LogP contribution in [0.2, 0.25) is 0 Å². The summed E-state index contributed by atoms with van der Waals surface area (Å²) in [4.78, 5) is 22.4. The Hall–Kier alpha value is -2.04. The summed E-state index contributed by atoms with van der Waals surface area (Å²) in [6, 6.07) is 6.63. The fourth-order valence-corrected chi connectivity index (χ4v) is 2.18. The molecule has 0 spiro atoms. The molecular weight excluding hydrogens is 256 g/mol. The summed E-state index contributed by atoms with van der Waals surface area (Å²) < 4.78 is 0. The van der Waals surface area contributed by atoms with Gasteiger partial charge in [0.2, 0.25) is 0 Å². The Balaban J connectivity index is 1.68. The lowest BCUT2D eigenvalue weighted by Crippen LogP contribution is -2.40. The maximum atomic E-state index is 11.5. The molecule has 1 aromatic carbocycles. The minimum Gasteiger partial charge on any atom is -0.478 e. The van der Waals surface area contributed by atoms with Crippen molar-refractivity contribution < 1.29 is 14.7 Å². The Kier molecular flexibility index (Phi) is 4.98. The Morgan fingerprint density at radius 2 is 2.05 bits per heavy atom. The summed E-state index contributed by atoms with van der Waals surface area (Å²) in [6.07, 6.45) is 4.32. The van der Waals surface area contributed by atoms with Gasteiger partial charge in [0.25, 0.3) is 0 Å². The molecule has 1 aliphatic rings. The molecule has 20 heavy (non-hydrogen) atoms. The van der Waals surface area contributed by atoms with E-state index in [0.29, 0.717) is 18.9 Å². The zero-order valence-electron chi connectivity index (χ0n) is 11.4. The maximum absolute atomic E-state index is 11.5. The third-order valence-electron chi connectivity index (χ3n) is 3.65. The van der Waals surface area contributed by atoms with Crippen molar-refractivity contribution in [2.24, 2.45) is 5.92 Å². The van der Waals surface area contributed by atoms with Crippen molar-refractivity contribution >= 4 is 12.0 Å². The minimum atomic E-state index is -0.932. The molecule has 5 nitrogen and oxygen atoms in total. The van der Waals surface area contributed by atoms with Crippen LogP contribution in [-0.2, 0) is 6.42 Å². The molecule has 2 amide bonds. The molecular formula is C15H20N2O3. The van der Waals surface area contributed by atoms with E-state index in [2.05, 4.69) is 10.6 Å². The molecule has 0 heterocycles. The lowest BCUT2D eigenvalue weighted by atomic mass is 9.85. The molecule has 3 N–H and O–H groups in total. The van der Waals surface area contributed by atoms with Crippen LogP contribution in [0.4, 0.5) is 4.79 Å². The van der Waals surface area contributed by atoms with Gasteiger partial charge in [0, 0.05) is 13.1 Å². The van der Waals surface area contributed by atoms with Gasteiger partial charge in [-0.05, 0) is 42.9 Å². The van der Waals surface area contributed by atoms with E-state index < -0.39 is 5.97 Å². The second kappa shape index (κ2) is 6.93. The van der Waals surface area contributed by atoms with Gasteiger partial charge in [0.15, 0.2) is 0 Å². The Bertz CT molecular complexity index is 484. The van der Waals surface area contributed by atoms with Crippen LogP contribution in [0.15, 0.2) is 24.3 Å². The molecule has 2 rings (SSSR count). The van der Waals surface area contributed by atoms with E-state index in [1.165, 1.54) is 19.3 Å².